The van der Waals surface area contributed by atoms with Crippen LogP contribution < -0.4 is 5.73 Å². The molecule has 0 atom stereocenters. The fraction of sp³-hybridized carbons (Fsp3) is 0.500. The molecule has 0 fully saturated rings. The summed E-state index contributed by atoms with van der Waals surface area (Å²) >= 11 is 0. The molecule has 80 valence electrons. The SMILES string of the molecule is CC(C)(CCN)c1cnc2n[nH]nc2c1. The van der Waals surface area contributed by atoms with Crippen molar-refractivity contribution >= 4 is 11.2 Å². The highest BCUT2D eigenvalue weighted by molar-refractivity contribution is 5.69. The standard InChI is InChI=1S/C10H15N5/c1-10(2,3-4-11)7-5-8-9(12-6-7)14-15-13-8/h5-6H,3-4,11H2,1-2H3,(H,12,13,14,15). The normalized spacial score (nSPS) is 12.2. The first-order valence-electron chi connectivity index (χ1n) is 5.00. The largest absolute Gasteiger partial charge is 0.330 e. The Hall–Kier alpha value is -1.49. The van der Waals surface area contributed by atoms with Crippen LogP contribution in [0, 0.1) is 0 Å². The Labute approximate surface area is 88.1 Å². The summed E-state index contributed by atoms with van der Waals surface area (Å²) in [6.45, 7) is 4.98. The highest BCUT2D eigenvalue weighted by Crippen LogP contribution is 2.26. The maximum Gasteiger partial charge on any atom is 0.201 e. The summed E-state index contributed by atoms with van der Waals surface area (Å²) in [7, 11) is 0. The molecule has 2 heterocycles. The number of aromatic nitrogens is 4. The van der Waals surface area contributed by atoms with Crippen LogP contribution in [-0.2, 0) is 5.41 Å². The number of pyridine rings is 1. The number of nitrogens with zero attached hydrogens (tertiary/aromatic N) is 3. The second-order valence-corrected chi connectivity index (χ2v) is 4.31. The average Bonchev–Trinajstić information content (AvgIpc) is 2.63. The summed E-state index contributed by atoms with van der Waals surface area (Å²) < 4.78 is 0. The smallest absolute Gasteiger partial charge is 0.201 e. The Morgan fingerprint density at radius 1 is 1.40 bits per heavy atom. The van der Waals surface area contributed by atoms with Crippen molar-refractivity contribution in [2.75, 3.05) is 6.54 Å². The molecule has 2 aromatic heterocycles. The van der Waals surface area contributed by atoms with E-state index >= 15 is 0 Å². The highest BCUT2D eigenvalue weighted by atomic mass is 15.3. The quantitative estimate of drug-likeness (QED) is 0.782. The van der Waals surface area contributed by atoms with Gasteiger partial charge in [0.25, 0.3) is 0 Å². The van der Waals surface area contributed by atoms with Gasteiger partial charge in [-0.1, -0.05) is 13.8 Å². The second kappa shape index (κ2) is 3.58. The molecule has 5 heteroatoms. The van der Waals surface area contributed by atoms with Gasteiger partial charge in [0.2, 0.25) is 5.65 Å². The summed E-state index contributed by atoms with van der Waals surface area (Å²) in [4.78, 5) is 4.24. The fourth-order valence-electron chi connectivity index (χ4n) is 1.62. The number of hydrogen-bond acceptors (Lipinski definition) is 4. The van der Waals surface area contributed by atoms with Gasteiger partial charge in [0.05, 0.1) is 0 Å². The molecule has 0 aliphatic rings. The van der Waals surface area contributed by atoms with Crippen molar-refractivity contribution in [3.8, 4) is 0 Å². The molecule has 0 amide bonds. The van der Waals surface area contributed by atoms with Gasteiger partial charge < -0.3 is 5.73 Å². The number of aromatic amines is 1. The van der Waals surface area contributed by atoms with E-state index in [0.29, 0.717) is 12.2 Å². The van der Waals surface area contributed by atoms with Crippen LogP contribution in [-0.4, -0.2) is 26.9 Å². The van der Waals surface area contributed by atoms with Gasteiger partial charge in [-0.05, 0) is 30.0 Å². The lowest BCUT2D eigenvalue weighted by Crippen LogP contribution is -2.21. The van der Waals surface area contributed by atoms with Gasteiger partial charge in [-0.15, -0.1) is 5.10 Å². The van der Waals surface area contributed by atoms with E-state index in [9.17, 15) is 0 Å². The van der Waals surface area contributed by atoms with Gasteiger partial charge in [-0.2, -0.15) is 10.3 Å². The molecule has 15 heavy (non-hydrogen) atoms. The summed E-state index contributed by atoms with van der Waals surface area (Å²) in [5.41, 5.74) is 8.23. The topological polar surface area (TPSA) is 80.5 Å². The molecule has 0 aliphatic carbocycles. The van der Waals surface area contributed by atoms with Crippen LogP contribution in [0.15, 0.2) is 12.3 Å². The average molecular weight is 205 g/mol. The molecule has 3 N–H and O–H groups in total. The van der Waals surface area contributed by atoms with Crippen LogP contribution in [0.3, 0.4) is 0 Å². The molecule has 5 nitrogen and oxygen atoms in total. The lowest BCUT2D eigenvalue weighted by Gasteiger charge is -2.23. The van der Waals surface area contributed by atoms with E-state index in [1.54, 1.807) is 0 Å². The minimum absolute atomic E-state index is 0.0366. The summed E-state index contributed by atoms with van der Waals surface area (Å²) in [5.74, 6) is 0. The lowest BCUT2D eigenvalue weighted by molar-refractivity contribution is 0.486. The highest BCUT2D eigenvalue weighted by Gasteiger charge is 2.20. The Kier molecular flexibility index (Phi) is 2.40. The van der Waals surface area contributed by atoms with E-state index in [2.05, 4.69) is 34.2 Å². The molecular formula is C10H15N5. The monoisotopic (exact) mass is 205 g/mol. The number of rotatable bonds is 3. The molecular weight excluding hydrogens is 190 g/mol. The predicted molar refractivity (Wildman–Crippen MR) is 58.4 cm³/mol. The maximum atomic E-state index is 5.59. The van der Waals surface area contributed by atoms with E-state index in [0.717, 1.165) is 17.5 Å². The molecule has 2 aromatic rings. The molecule has 0 spiro atoms. The van der Waals surface area contributed by atoms with E-state index in [1.807, 2.05) is 12.3 Å². The summed E-state index contributed by atoms with van der Waals surface area (Å²) in [5, 5.41) is 10.5. The second-order valence-electron chi connectivity index (χ2n) is 4.31. The van der Waals surface area contributed by atoms with Crippen molar-refractivity contribution in [1.82, 2.24) is 20.4 Å². The molecule has 0 saturated heterocycles. The third-order valence-corrected chi connectivity index (χ3v) is 2.72. The fourth-order valence-corrected chi connectivity index (χ4v) is 1.62. The summed E-state index contributed by atoms with van der Waals surface area (Å²) in [6.07, 6.45) is 2.78. The van der Waals surface area contributed by atoms with Crippen LogP contribution in [0.5, 0.6) is 0 Å². The zero-order valence-electron chi connectivity index (χ0n) is 8.99. The van der Waals surface area contributed by atoms with E-state index in [1.165, 1.54) is 0 Å². The first kappa shape index (κ1) is 10.0. The Balaban J connectivity index is 2.42. The van der Waals surface area contributed by atoms with Crippen molar-refractivity contribution in [2.24, 2.45) is 5.73 Å². The van der Waals surface area contributed by atoms with Crippen LogP contribution in [0.2, 0.25) is 0 Å². The number of H-pyrrole nitrogens is 1. The van der Waals surface area contributed by atoms with Crippen molar-refractivity contribution in [2.45, 2.75) is 25.7 Å². The van der Waals surface area contributed by atoms with Crippen molar-refractivity contribution < 1.29 is 0 Å². The Morgan fingerprint density at radius 2 is 2.20 bits per heavy atom. The van der Waals surface area contributed by atoms with Gasteiger partial charge in [-0.25, -0.2) is 4.98 Å². The molecule has 0 aromatic carbocycles. The van der Waals surface area contributed by atoms with Gasteiger partial charge in [-0.3, -0.25) is 0 Å². The van der Waals surface area contributed by atoms with Gasteiger partial charge in [0.15, 0.2) is 0 Å². The molecule has 0 aliphatic heterocycles. The molecule has 0 unspecified atom stereocenters. The Morgan fingerprint density at radius 3 is 2.93 bits per heavy atom. The maximum absolute atomic E-state index is 5.59. The lowest BCUT2D eigenvalue weighted by atomic mass is 9.82. The van der Waals surface area contributed by atoms with E-state index < -0.39 is 0 Å². The van der Waals surface area contributed by atoms with Crippen LogP contribution >= 0.6 is 0 Å². The zero-order valence-corrected chi connectivity index (χ0v) is 8.99. The molecule has 0 bridgehead atoms. The van der Waals surface area contributed by atoms with Gasteiger partial charge in [0, 0.05) is 6.20 Å². The van der Waals surface area contributed by atoms with Crippen LogP contribution in [0.1, 0.15) is 25.8 Å². The number of hydrogen-bond donors (Lipinski definition) is 2. The molecule has 2 rings (SSSR count). The Bertz CT molecular complexity index is 460. The first-order chi connectivity index (χ1) is 7.13. The third-order valence-electron chi connectivity index (χ3n) is 2.72. The van der Waals surface area contributed by atoms with Gasteiger partial charge in [0.1, 0.15) is 5.52 Å². The van der Waals surface area contributed by atoms with Gasteiger partial charge >= 0.3 is 0 Å². The van der Waals surface area contributed by atoms with E-state index in [4.69, 9.17) is 5.73 Å². The zero-order chi connectivity index (χ0) is 10.9. The third kappa shape index (κ3) is 1.83. The minimum Gasteiger partial charge on any atom is -0.330 e. The van der Waals surface area contributed by atoms with Crippen molar-refractivity contribution in [3.63, 3.8) is 0 Å². The van der Waals surface area contributed by atoms with Crippen LogP contribution in [0.4, 0.5) is 0 Å². The first-order valence-corrected chi connectivity index (χ1v) is 5.00. The number of fused-ring (bicyclic) bond motifs is 1. The molecule has 0 radical (unpaired) electrons. The number of nitrogens with two attached hydrogens (primary N) is 1. The van der Waals surface area contributed by atoms with E-state index in [-0.39, 0.29) is 5.41 Å². The number of nitrogens with one attached hydrogen (secondary N) is 1. The predicted octanol–water partition coefficient (Wildman–Crippen LogP) is 0.979. The minimum atomic E-state index is 0.0366. The molecule has 0 saturated carbocycles. The summed E-state index contributed by atoms with van der Waals surface area (Å²) in [6, 6.07) is 2.02. The van der Waals surface area contributed by atoms with Crippen molar-refractivity contribution in [3.05, 3.63) is 17.8 Å². The van der Waals surface area contributed by atoms with Crippen molar-refractivity contribution in [1.29, 1.82) is 0 Å². The van der Waals surface area contributed by atoms with Crippen LogP contribution in [0.25, 0.3) is 11.2 Å².